The van der Waals surface area contributed by atoms with Crippen LogP contribution in [-0.2, 0) is 0 Å². The summed E-state index contributed by atoms with van der Waals surface area (Å²) in [5.74, 6) is 1.11. The Bertz CT molecular complexity index is 2460. The van der Waals surface area contributed by atoms with E-state index in [1.807, 2.05) is 24.4 Å². The second kappa shape index (κ2) is 11.3. The van der Waals surface area contributed by atoms with E-state index >= 15 is 0 Å². The summed E-state index contributed by atoms with van der Waals surface area (Å²) in [6.45, 7) is 0. The number of fused-ring (bicyclic) bond motifs is 4. The highest BCUT2D eigenvalue weighted by molar-refractivity contribution is 6.07. The lowest BCUT2D eigenvalue weighted by molar-refractivity contribution is 0.871. The van der Waals surface area contributed by atoms with Crippen molar-refractivity contribution in [3.63, 3.8) is 0 Å². The maximum Gasteiger partial charge on any atom is 0.166 e. The minimum absolute atomic E-state index is 0.287. The Morgan fingerprint density at radius 1 is 0.574 bits per heavy atom. The van der Waals surface area contributed by atoms with Gasteiger partial charge in [0.1, 0.15) is 11.3 Å². The van der Waals surface area contributed by atoms with Crippen molar-refractivity contribution in [2.24, 2.45) is 0 Å². The summed E-state index contributed by atoms with van der Waals surface area (Å²) in [5.41, 5.74) is 12.9. The van der Waals surface area contributed by atoms with Gasteiger partial charge in [-0.15, -0.1) is 0 Å². The Labute approximate surface area is 273 Å². The molecule has 0 spiro atoms. The van der Waals surface area contributed by atoms with Crippen LogP contribution in [0.1, 0.15) is 29.0 Å². The molecule has 0 saturated carbocycles. The van der Waals surface area contributed by atoms with Crippen LogP contribution in [0.15, 0.2) is 164 Å². The summed E-state index contributed by atoms with van der Waals surface area (Å²) in [4.78, 5) is 15.4. The van der Waals surface area contributed by atoms with Gasteiger partial charge in [-0.1, -0.05) is 127 Å². The zero-order chi connectivity index (χ0) is 31.2. The number of allylic oxidation sites excluding steroid dienone is 4. The molecule has 1 aliphatic carbocycles. The first-order valence-corrected chi connectivity index (χ1v) is 16.0. The van der Waals surface area contributed by atoms with Crippen molar-refractivity contribution in [2.75, 3.05) is 0 Å². The fraction of sp³-hybridized carbons (Fsp3) is 0.0465. The number of hydrogen-bond donors (Lipinski definition) is 0. The van der Waals surface area contributed by atoms with Gasteiger partial charge in [-0.05, 0) is 70.2 Å². The summed E-state index contributed by atoms with van der Waals surface area (Å²) < 4.78 is 2.13. The number of pyridine rings is 1. The number of hydrogen-bond acceptors (Lipinski definition) is 3. The highest BCUT2D eigenvalue weighted by Crippen LogP contribution is 2.40. The topological polar surface area (TPSA) is 43.6 Å². The van der Waals surface area contributed by atoms with Gasteiger partial charge in [-0.2, -0.15) is 0 Å². The molecule has 4 nitrogen and oxygen atoms in total. The third-order valence-corrected chi connectivity index (χ3v) is 9.20. The molecule has 0 radical (unpaired) electrons. The maximum atomic E-state index is 5.27. The quantitative estimate of drug-likeness (QED) is 0.197. The molecule has 222 valence electrons. The van der Waals surface area contributed by atoms with Gasteiger partial charge in [0.25, 0.3) is 0 Å². The van der Waals surface area contributed by atoms with Crippen molar-refractivity contribution >= 4 is 44.2 Å². The first-order valence-electron chi connectivity index (χ1n) is 16.0. The summed E-state index contributed by atoms with van der Waals surface area (Å²) >= 11 is 0. The first-order chi connectivity index (χ1) is 23.3. The molecular formula is C43H30N4. The fourth-order valence-electron chi connectivity index (χ4n) is 6.85. The molecule has 3 aromatic heterocycles. The van der Waals surface area contributed by atoms with Gasteiger partial charge < -0.3 is 0 Å². The third-order valence-electron chi connectivity index (χ3n) is 9.20. The van der Waals surface area contributed by atoms with Crippen molar-refractivity contribution < 1.29 is 0 Å². The molecule has 9 rings (SSSR count). The van der Waals surface area contributed by atoms with Crippen molar-refractivity contribution in [2.45, 2.75) is 12.3 Å². The molecule has 4 heteroatoms. The van der Waals surface area contributed by atoms with Gasteiger partial charge in [-0.3, -0.25) is 4.57 Å². The molecule has 1 atom stereocenters. The molecule has 1 unspecified atom stereocenters. The highest BCUT2D eigenvalue weighted by atomic mass is 15.1. The molecule has 0 fully saturated rings. The van der Waals surface area contributed by atoms with Crippen LogP contribution in [0.25, 0.3) is 61.2 Å². The Kier molecular flexibility index (Phi) is 6.57. The number of para-hydroxylation sites is 1. The van der Waals surface area contributed by atoms with Gasteiger partial charge in [0.05, 0.1) is 16.6 Å². The zero-order valence-corrected chi connectivity index (χ0v) is 25.7. The molecule has 0 amide bonds. The largest absolute Gasteiger partial charge is 0.276 e. The van der Waals surface area contributed by atoms with E-state index in [9.17, 15) is 0 Å². The van der Waals surface area contributed by atoms with Crippen LogP contribution in [0.5, 0.6) is 0 Å². The van der Waals surface area contributed by atoms with Crippen LogP contribution >= 0.6 is 0 Å². The summed E-state index contributed by atoms with van der Waals surface area (Å²) in [7, 11) is 0. The Morgan fingerprint density at radius 2 is 1.28 bits per heavy atom. The number of aromatic nitrogens is 4. The van der Waals surface area contributed by atoms with Crippen LogP contribution in [0.2, 0.25) is 0 Å². The van der Waals surface area contributed by atoms with E-state index in [1.54, 1.807) is 0 Å². The van der Waals surface area contributed by atoms with Gasteiger partial charge in [0, 0.05) is 23.1 Å². The Balaban J connectivity index is 1.17. The smallest absolute Gasteiger partial charge is 0.166 e. The SMILES string of the molecule is C1=C(c2ccc3nc4c(nc3c2)c2ccccc2n4-c2ccc(-c3ccccc3)cn2)C=C(c2ccccc2)CC1c1ccccc1. The second-order valence-corrected chi connectivity index (χ2v) is 12.1. The lowest BCUT2D eigenvalue weighted by Crippen LogP contribution is -2.04. The van der Waals surface area contributed by atoms with Gasteiger partial charge >= 0.3 is 0 Å². The highest BCUT2D eigenvalue weighted by Gasteiger charge is 2.21. The zero-order valence-electron chi connectivity index (χ0n) is 25.7. The van der Waals surface area contributed by atoms with E-state index in [2.05, 4.69) is 144 Å². The van der Waals surface area contributed by atoms with Crippen molar-refractivity contribution in [1.82, 2.24) is 19.5 Å². The Hall–Kier alpha value is -6.13. The predicted molar refractivity (Wildman–Crippen MR) is 193 cm³/mol. The maximum absolute atomic E-state index is 5.27. The third kappa shape index (κ3) is 4.91. The number of benzene rings is 5. The first kappa shape index (κ1) is 27.2. The molecule has 3 heterocycles. The number of nitrogens with zero attached hydrogens (tertiary/aromatic N) is 4. The minimum atomic E-state index is 0.287. The molecule has 1 aliphatic rings. The van der Waals surface area contributed by atoms with E-state index in [-0.39, 0.29) is 5.92 Å². The standard InChI is InChI=1S/C43H30N4/c1-4-12-29(13-5-1)33-21-23-41(44-28-33)47-40-19-11-10-18-37(40)42-43(47)46-38-22-20-32(27-39(38)45-42)36-25-34(30-14-6-2-7-15-30)24-35(26-36)31-16-8-3-9-17-31/h1-23,25-28,34H,24H2. The summed E-state index contributed by atoms with van der Waals surface area (Å²) in [6.07, 6.45) is 7.65. The second-order valence-electron chi connectivity index (χ2n) is 12.1. The monoisotopic (exact) mass is 602 g/mol. The number of rotatable bonds is 5. The minimum Gasteiger partial charge on any atom is -0.276 e. The van der Waals surface area contributed by atoms with Crippen LogP contribution in [0.3, 0.4) is 0 Å². The average molecular weight is 603 g/mol. The lowest BCUT2D eigenvalue weighted by Gasteiger charge is -2.23. The van der Waals surface area contributed by atoms with Gasteiger partial charge in [0.2, 0.25) is 0 Å². The average Bonchev–Trinajstić information content (AvgIpc) is 3.47. The molecule has 8 aromatic rings. The van der Waals surface area contributed by atoms with Gasteiger partial charge in [-0.25, -0.2) is 15.0 Å². The van der Waals surface area contributed by atoms with Crippen LogP contribution in [0.4, 0.5) is 0 Å². The lowest BCUT2D eigenvalue weighted by atomic mass is 9.81. The molecular weight excluding hydrogens is 573 g/mol. The van der Waals surface area contributed by atoms with Gasteiger partial charge in [0.15, 0.2) is 5.65 Å². The normalized spacial score (nSPS) is 14.8. The van der Waals surface area contributed by atoms with Crippen LogP contribution in [-0.4, -0.2) is 19.5 Å². The fourth-order valence-corrected chi connectivity index (χ4v) is 6.85. The molecule has 0 saturated heterocycles. The molecule has 47 heavy (non-hydrogen) atoms. The van der Waals surface area contributed by atoms with E-state index < -0.39 is 0 Å². The van der Waals surface area contributed by atoms with Crippen LogP contribution in [0, 0.1) is 0 Å². The van der Waals surface area contributed by atoms with E-state index in [4.69, 9.17) is 15.0 Å². The predicted octanol–water partition coefficient (Wildman–Crippen LogP) is 10.4. The van der Waals surface area contributed by atoms with Crippen molar-refractivity contribution in [3.8, 4) is 16.9 Å². The molecule has 0 bridgehead atoms. The summed E-state index contributed by atoms with van der Waals surface area (Å²) in [6, 6.07) is 50.9. The van der Waals surface area contributed by atoms with Crippen molar-refractivity contribution in [3.05, 3.63) is 181 Å². The molecule has 0 N–H and O–H groups in total. The van der Waals surface area contributed by atoms with E-state index in [0.717, 1.165) is 62.0 Å². The van der Waals surface area contributed by atoms with E-state index in [0.29, 0.717) is 0 Å². The molecule has 0 aliphatic heterocycles. The van der Waals surface area contributed by atoms with Crippen LogP contribution < -0.4 is 0 Å². The van der Waals surface area contributed by atoms with E-state index in [1.165, 1.54) is 22.3 Å². The van der Waals surface area contributed by atoms with Crippen molar-refractivity contribution in [1.29, 1.82) is 0 Å². The summed E-state index contributed by atoms with van der Waals surface area (Å²) in [5, 5.41) is 1.06. The molecule has 5 aromatic carbocycles. The Morgan fingerprint density at radius 3 is 2.04 bits per heavy atom.